The van der Waals surface area contributed by atoms with Crippen molar-refractivity contribution in [3.63, 3.8) is 0 Å². The van der Waals surface area contributed by atoms with Crippen LogP contribution in [-0.2, 0) is 0 Å². The van der Waals surface area contributed by atoms with Crippen molar-refractivity contribution in [3.05, 3.63) is 29.8 Å². The van der Waals surface area contributed by atoms with E-state index in [1.54, 1.807) is 7.11 Å². The Morgan fingerprint density at radius 1 is 1.41 bits per heavy atom. The molecule has 0 aromatic heterocycles. The standard InChI is InChI=1S/C15H23NO/c1-11(2)9-15-14(7-8-16-15)12-5-4-6-13(10-12)17-3/h4-6,10-11,14-16H,7-9H2,1-3H3. The maximum atomic E-state index is 5.31. The first kappa shape index (κ1) is 12.4. The first-order chi connectivity index (χ1) is 8.20. The summed E-state index contributed by atoms with van der Waals surface area (Å²) >= 11 is 0. The van der Waals surface area contributed by atoms with E-state index in [4.69, 9.17) is 4.74 Å². The summed E-state index contributed by atoms with van der Waals surface area (Å²) in [7, 11) is 1.73. The van der Waals surface area contributed by atoms with Crippen LogP contribution in [0.2, 0.25) is 0 Å². The van der Waals surface area contributed by atoms with Gasteiger partial charge in [0.05, 0.1) is 7.11 Å². The van der Waals surface area contributed by atoms with Crippen LogP contribution in [0.4, 0.5) is 0 Å². The Bertz CT molecular complexity index is 362. The topological polar surface area (TPSA) is 21.3 Å². The summed E-state index contributed by atoms with van der Waals surface area (Å²) in [5, 5.41) is 3.63. The molecule has 1 N–H and O–H groups in total. The minimum Gasteiger partial charge on any atom is -0.497 e. The van der Waals surface area contributed by atoms with E-state index >= 15 is 0 Å². The zero-order valence-electron chi connectivity index (χ0n) is 11.1. The highest BCUT2D eigenvalue weighted by Gasteiger charge is 2.28. The number of benzene rings is 1. The number of methoxy groups -OCH3 is 1. The van der Waals surface area contributed by atoms with Crippen molar-refractivity contribution < 1.29 is 4.74 Å². The molecule has 17 heavy (non-hydrogen) atoms. The molecule has 2 rings (SSSR count). The fourth-order valence-corrected chi connectivity index (χ4v) is 2.79. The molecule has 2 unspecified atom stereocenters. The van der Waals surface area contributed by atoms with E-state index in [9.17, 15) is 0 Å². The molecular formula is C15H23NO. The van der Waals surface area contributed by atoms with Crippen LogP contribution in [0.15, 0.2) is 24.3 Å². The Hall–Kier alpha value is -1.02. The molecule has 94 valence electrons. The average Bonchev–Trinajstić information content (AvgIpc) is 2.76. The number of rotatable bonds is 4. The third-order valence-electron chi connectivity index (χ3n) is 3.59. The van der Waals surface area contributed by atoms with Gasteiger partial charge in [0.2, 0.25) is 0 Å². The Morgan fingerprint density at radius 2 is 2.24 bits per heavy atom. The Kier molecular flexibility index (Phi) is 4.06. The number of ether oxygens (including phenoxy) is 1. The molecule has 2 atom stereocenters. The van der Waals surface area contributed by atoms with E-state index in [-0.39, 0.29) is 0 Å². The summed E-state index contributed by atoms with van der Waals surface area (Å²) in [5.74, 6) is 2.36. The van der Waals surface area contributed by atoms with E-state index in [1.807, 2.05) is 6.07 Å². The molecule has 0 radical (unpaired) electrons. The third-order valence-corrected chi connectivity index (χ3v) is 3.59. The summed E-state index contributed by atoms with van der Waals surface area (Å²) in [6, 6.07) is 9.16. The average molecular weight is 233 g/mol. The Labute approximate surface area is 104 Å². The highest BCUT2D eigenvalue weighted by Crippen LogP contribution is 2.32. The van der Waals surface area contributed by atoms with Gasteiger partial charge in [-0.25, -0.2) is 0 Å². The number of hydrogen-bond acceptors (Lipinski definition) is 2. The van der Waals surface area contributed by atoms with Gasteiger partial charge in [0.1, 0.15) is 5.75 Å². The van der Waals surface area contributed by atoms with Crippen LogP contribution in [0.5, 0.6) is 5.75 Å². The second kappa shape index (κ2) is 5.54. The molecule has 2 nitrogen and oxygen atoms in total. The molecule has 1 aromatic rings. The molecule has 0 bridgehead atoms. The van der Waals surface area contributed by atoms with E-state index in [0.717, 1.165) is 18.2 Å². The maximum absolute atomic E-state index is 5.31. The normalized spacial score (nSPS) is 24.2. The number of nitrogens with one attached hydrogen (secondary N) is 1. The van der Waals surface area contributed by atoms with Crippen molar-refractivity contribution in [2.24, 2.45) is 5.92 Å². The largest absolute Gasteiger partial charge is 0.497 e. The van der Waals surface area contributed by atoms with Gasteiger partial charge in [-0.2, -0.15) is 0 Å². The second-order valence-electron chi connectivity index (χ2n) is 5.36. The van der Waals surface area contributed by atoms with Gasteiger partial charge in [-0.3, -0.25) is 0 Å². The van der Waals surface area contributed by atoms with Gasteiger partial charge in [0.15, 0.2) is 0 Å². The van der Waals surface area contributed by atoms with Crippen molar-refractivity contribution in [3.8, 4) is 5.75 Å². The molecular weight excluding hydrogens is 210 g/mol. The molecule has 0 aliphatic carbocycles. The van der Waals surface area contributed by atoms with Crippen LogP contribution < -0.4 is 10.1 Å². The molecule has 1 saturated heterocycles. The molecule has 0 amide bonds. The SMILES string of the molecule is COc1cccc(C2CCNC2CC(C)C)c1. The van der Waals surface area contributed by atoms with Gasteiger partial charge in [0, 0.05) is 12.0 Å². The van der Waals surface area contributed by atoms with Crippen LogP contribution in [0.1, 0.15) is 38.2 Å². The summed E-state index contributed by atoms with van der Waals surface area (Å²) < 4.78 is 5.31. The molecule has 1 fully saturated rings. The lowest BCUT2D eigenvalue weighted by Gasteiger charge is -2.22. The van der Waals surface area contributed by atoms with Gasteiger partial charge >= 0.3 is 0 Å². The van der Waals surface area contributed by atoms with Gasteiger partial charge in [-0.15, -0.1) is 0 Å². The lowest BCUT2D eigenvalue weighted by molar-refractivity contribution is 0.410. The van der Waals surface area contributed by atoms with Gasteiger partial charge in [0.25, 0.3) is 0 Å². The third kappa shape index (κ3) is 3.01. The second-order valence-corrected chi connectivity index (χ2v) is 5.36. The van der Waals surface area contributed by atoms with E-state index in [1.165, 1.54) is 18.4 Å². The van der Waals surface area contributed by atoms with Crippen LogP contribution in [0, 0.1) is 5.92 Å². The summed E-state index contributed by atoms with van der Waals surface area (Å²) in [4.78, 5) is 0. The fraction of sp³-hybridized carbons (Fsp3) is 0.600. The van der Waals surface area contributed by atoms with Crippen molar-refractivity contribution >= 4 is 0 Å². The highest BCUT2D eigenvalue weighted by molar-refractivity contribution is 5.32. The Balaban J connectivity index is 2.14. The molecule has 2 heteroatoms. The van der Waals surface area contributed by atoms with E-state index in [0.29, 0.717) is 12.0 Å². The predicted molar refractivity (Wildman–Crippen MR) is 71.6 cm³/mol. The van der Waals surface area contributed by atoms with E-state index < -0.39 is 0 Å². The van der Waals surface area contributed by atoms with Crippen molar-refractivity contribution in [2.75, 3.05) is 13.7 Å². The van der Waals surface area contributed by atoms with Gasteiger partial charge < -0.3 is 10.1 Å². The van der Waals surface area contributed by atoms with Crippen LogP contribution in [-0.4, -0.2) is 19.7 Å². The minimum absolute atomic E-state index is 0.627. The van der Waals surface area contributed by atoms with Crippen LogP contribution in [0.3, 0.4) is 0 Å². The summed E-state index contributed by atoms with van der Waals surface area (Å²) in [6.45, 7) is 5.73. The summed E-state index contributed by atoms with van der Waals surface area (Å²) in [6.07, 6.45) is 2.49. The molecule has 0 spiro atoms. The minimum atomic E-state index is 0.627. The van der Waals surface area contributed by atoms with Crippen LogP contribution >= 0.6 is 0 Å². The highest BCUT2D eigenvalue weighted by atomic mass is 16.5. The first-order valence-electron chi connectivity index (χ1n) is 6.58. The van der Waals surface area contributed by atoms with Crippen molar-refractivity contribution in [1.29, 1.82) is 0 Å². The molecule has 1 aliphatic rings. The lowest BCUT2D eigenvalue weighted by atomic mass is 9.87. The van der Waals surface area contributed by atoms with E-state index in [2.05, 4.69) is 37.4 Å². The summed E-state index contributed by atoms with van der Waals surface area (Å²) in [5.41, 5.74) is 1.42. The van der Waals surface area contributed by atoms with Gasteiger partial charge in [-0.1, -0.05) is 26.0 Å². The molecule has 1 heterocycles. The fourth-order valence-electron chi connectivity index (χ4n) is 2.79. The molecule has 1 aromatic carbocycles. The zero-order valence-corrected chi connectivity index (χ0v) is 11.1. The smallest absolute Gasteiger partial charge is 0.119 e. The quantitative estimate of drug-likeness (QED) is 0.862. The molecule has 0 saturated carbocycles. The maximum Gasteiger partial charge on any atom is 0.119 e. The number of hydrogen-bond donors (Lipinski definition) is 1. The first-order valence-corrected chi connectivity index (χ1v) is 6.58. The Morgan fingerprint density at radius 3 is 2.94 bits per heavy atom. The zero-order chi connectivity index (χ0) is 12.3. The van der Waals surface area contributed by atoms with Crippen molar-refractivity contribution in [1.82, 2.24) is 5.32 Å². The van der Waals surface area contributed by atoms with Crippen molar-refractivity contribution in [2.45, 2.75) is 38.6 Å². The lowest BCUT2D eigenvalue weighted by Crippen LogP contribution is -2.27. The molecule has 1 aliphatic heterocycles. The van der Waals surface area contributed by atoms with Gasteiger partial charge in [-0.05, 0) is 43.0 Å². The predicted octanol–water partition coefficient (Wildman–Crippen LogP) is 3.19. The van der Waals surface area contributed by atoms with Crippen LogP contribution in [0.25, 0.3) is 0 Å². The monoisotopic (exact) mass is 233 g/mol.